The van der Waals surface area contributed by atoms with Gasteiger partial charge in [0.1, 0.15) is 5.82 Å². The Hall–Kier alpha value is -2.41. The van der Waals surface area contributed by atoms with Crippen molar-refractivity contribution in [2.45, 2.75) is 25.3 Å². The number of carbonyl (C=O) groups is 1. The third-order valence-electron chi connectivity index (χ3n) is 3.93. The first kappa shape index (κ1) is 17.4. The summed E-state index contributed by atoms with van der Waals surface area (Å²) in [6.45, 7) is 0. The number of halogens is 1. The zero-order chi connectivity index (χ0) is 18.0. The summed E-state index contributed by atoms with van der Waals surface area (Å²) in [6, 6.07) is 12.5. The predicted molar refractivity (Wildman–Crippen MR) is 95.5 cm³/mol. The van der Waals surface area contributed by atoms with Gasteiger partial charge in [0.2, 0.25) is 15.9 Å². The number of hydrogen-bond donors (Lipinski definition) is 1. The van der Waals surface area contributed by atoms with Gasteiger partial charge >= 0.3 is 0 Å². The van der Waals surface area contributed by atoms with Gasteiger partial charge in [-0.15, -0.1) is 0 Å². The van der Waals surface area contributed by atoms with Crippen molar-refractivity contribution < 1.29 is 17.6 Å². The lowest BCUT2D eigenvalue weighted by atomic mass is 10.1. The van der Waals surface area contributed by atoms with E-state index in [0.717, 1.165) is 12.8 Å². The van der Waals surface area contributed by atoms with Crippen molar-refractivity contribution in [2.75, 3.05) is 15.9 Å². The number of hydrogen-bond acceptors (Lipinski definition) is 3. The summed E-state index contributed by atoms with van der Waals surface area (Å²) in [7, 11) is -3.44. The SMILES string of the molecule is CS(=O)(=O)N(c1ccccc1NC(=O)Cc1ccc(F)cc1)C1CC1. The maximum absolute atomic E-state index is 12.9. The molecule has 2 aromatic rings. The molecule has 1 aliphatic rings. The van der Waals surface area contributed by atoms with E-state index < -0.39 is 10.0 Å². The summed E-state index contributed by atoms with van der Waals surface area (Å²) in [4.78, 5) is 12.3. The molecule has 1 fully saturated rings. The Kier molecular flexibility index (Phi) is 4.76. The smallest absolute Gasteiger partial charge is 0.232 e. The molecule has 1 saturated carbocycles. The van der Waals surface area contributed by atoms with Crippen molar-refractivity contribution in [3.05, 3.63) is 59.9 Å². The molecule has 25 heavy (non-hydrogen) atoms. The number of benzene rings is 2. The van der Waals surface area contributed by atoms with Crippen LogP contribution in [0.2, 0.25) is 0 Å². The number of sulfonamides is 1. The van der Waals surface area contributed by atoms with Crippen molar-refractivity contribution in [1.29, 1.82) is 0 Å². The lowest BCUT2D eigenvalue weighted by Crippen LogP contribution is -2.33. The second-order valence-electron chi connectivity index (χ2n) is 6.16. The van der Waals surface area contributed by atoms with Crippen LogP contribution < -0.4 is 9.62 Å². The van der Waals surface area contributed by atoms with Crippen LogP contribution >= 0.6 is 0 Å². The van der Waals surface area contributed by atoms with Gasteiger partial charge in [-0.2, -0.15) is 0 Å². The number of nitrogens with zero attached hydrogens (tertiary/aromatic N) is 1. The molecular formula is C18H19FN2O3S. The monoisotopic (exact) mass is 362 g/mol. The molecule has 0 radical (unpaired) electrons. The third kappa shape index (κ3) is 4.36. The van der Waals surface area contributed by atoms with E-state index in [9.17, 15) is 17.6 Å². The summed E-state index contributed by atoms with van der Waals surface area (Å²) < 4.78 is 38.6. The molecule has 0 atom stereocenters. The Morgan fingerprint density at radius 1 is 1.16 bits per heavy atom. The summed E-state index contributed by atoms with van der Waals surface area (Å²) in [5.41, 5.74) is 1.60. The molecule has 1 aliphatic carbocycles. The Morgan fingerprint density at radius 3 is 2.40 bits per heavy atom. The minimum absolute atomic E-state index is 0.0508. The zero-order valence-corrected chi connectivity index (χ0v) is 14.6. The van der Waals surface area contributed by atoms with Gasteiger partial charge in [-0.3, -0.25) is 9.10 Å². The average Bonchev–Trinajstić information content (AvgIpc) is 3.35. The van der Waals surface area contributed by atoms with E-state index in [2.05, 4.69) is 5.32 Å². The molecule has 1 amide bonds. The number of amides is 1. The fraction of sp³-hybridized carbons (Fsp3) is 0.278. The third-order valence-corrected chi connectivity index (χ3v) is 5.14. The normalized spacial score (nSPS) is 14.2. The topological polar surface area (TPSA) is 66.5 Å². The molecule has 0 aliphatic heterocycles. The van der Waals surface area contributed by atoms with Gasteiger partial charge < -0.3 is 5.32 Å². The molecular weight excluding hydrogens is 343 g/mol. The van der Waals surface area contributed by atoms with E-state index in [1.807, 2.05) is 0 Å². The Bertz CT molecular complexity index is 877. The quantitative estimate of drug-likeness (QED) is 0.859. The van der Waals surface area contributed by atoms with Crippen LogP contribution in [0.25, 0.3) is 0 Å². The standard InChI is InChI=1S/C18H19FN2O3S/c1-25(23,24)21(15-10-11-15)17-5-3-2-4-16(17)20-18(22)12-13-6-8-14(19)9-7-13/h2-9,15H,10-12H2,1H3,(H,20,22). The predicted octanol–water partition coefficient (Wildman–Crippen LogP) is 2.94. The number of rotatable bonds is 6. The van der Waals surface area contributed by atoms with Crippen molar-refractivity contribution in [2.24, 2.45) is 0 Å². The number of para-hydroxylation sites is 2. The van der Waals surface area contributed by atoms with Crippen LogP contribution in [0, 0.1) is 5.82 Å². The highest BCUT2D eigenvalue weighted by atomic mass is 32.2. The molecule has 0 bridgehead atoms. The molecule has 132 valence electrons. The van der Waals surface area contributed by atoms with Gasteiger partial charge in [0.25, 0.3) is 0 Å². The molecule has 0 aromatic heterocycles. The molecule has 7 heteroatoms. The second-order valence-corrected chi connectivity index (χ2v) is 8.02. The van der Waals surface area contributed by atoms with Gasteiger partial charge in [-0.1, -0.05) is 24.3 Å². The van der Waals surface area contributed by atoms with Gasteiger partial charge in [-0.05, 0) is 42.7 Å². The van der Waals surface area contributed by atoms with Crippen LogP contribution in [-0.2, 0) is 21.2 Å². The first-order valence-corrected chi connectivity index (χ1v) is 9.82. The van der Waals surface area contributed by atoms with Crippen LogP contribution in [0.1, 0.15) is 18.4 Å². The number of carbonyl (C=O) groups excluding carboxylic acids is 1. The number of anilines is 2. The fourth-order valence-electron chi connectivity index (χ4n) is 2.71. The van der Waals surface area contributed by atoms with Crippen LogP contribution in [0.3, 0.4) is 0 Å². The first-order valence-electron chi connectivity index (χ1n) is 7.97. The molecule has 1 N–H and O–H groups in total. The van der Waals surface area contributed by atoms with Gasteiger partial charge in [0.15, 0.2) is 0 Å². The van der Waals surface area contributed by atoms with Gasteiger partial charge in [-0.25, -0.2) is 12.8 Å². The van der Waals surface area contributed by atoms with Crippen molar-refractivity contribution in [1.82, 2.24) is 0 Å². The van der Waals surface area contributed by atoms with E-state index in [1.54, 1.807) is 36.4 Å². The van der Waals surface area contributed by atoms with Crippen molar-refractivity contribution >= 4 is 27.3 Å². The first-order chi connectivity index (χ1) is 11.8. The Morgan fingerprint density at radius 2 is 1.80 bits per heavy atom. The minimum Gasteiger partial charge on any atom is -0.324 e. The molecule has 5 nitrogen and oxygen atoms in total. The van der Waals surface area contributed by atoms with Gasteiger partial charge in [0.05, 0.1) is 24.1 Å². The highest BCUT2D eigenvalue weighted by molar-refractivity contribution is 7.92. The van der Waals surface area contributed by atoms with Crippen LogP contribution in [0.4, 0.5) is 15.8 Å². The van der Waals surface area contributed by atoms with Crippen LogP contribution in [0.5, 0.6) is 0 Å². The van der Waals surface area contributed by atoms with E-state index in [4.69, 9.17) is 0 Å². The Labute approximate surface area is 146 Å². The highest BCUT2D eigenvalue weighted by Crippen LogP contribution is 2.37. The molecule has 3 rings (SSSR count). The number of nitrogens with one attached hydrogen (secondary N) is 1. The molecule has 0 heterocycles. The molecule has 0 unspecified atom stereocenters. The van der Waals surface area contributed by atoms with E-state index >= 15 is 0 Å². The maximum atomic E-state index is 12.9. The molecule has 2 aromatic carbocycles. The molecule has 0 spiro atoms. The van der Waals surface area contributed by atoms with E-state index in [-0.39, 0.29) is 24.2 Å². The second kappa shape index (κ2) is 6.84. The summed E-state index contributed by atoms with van der Waals surface area (Å²) in [6.07, 6.45) is 2.87. The van der Waals surface area contributed by atoms with Gasteiger partial charge in [0, 0.05) is 6.04 Å². The average molecular weight is 362 g/mol. The van der Waals surface area contributed by atoms with E-state index in [1.165, 1.54) is 22.7 Å². The summed E-state index contributed by atoms with van der Waals surface area (Å²) in [5, 5.41) is 2.77. The largest absolute Gasteiger partial charge is 0.324 e. The zero-order valence-electron chi connectivity index (χ0n) is 13.8. The Balaban J connectivity index is 1.81. The summed E-state index contributed by atoms with van der Waals surface area (Å²) >= 11 is 0. The van der Waals surface area contributed by atoms with Crippen LogP contribution in [0.15, 0.2) is 48.5 Å². The lowest BCUT2D eigenvalue weighted by molar-refractivity contribution is -0.115. The summed E-state index contributed by atoms with van der Waals surface area (Å²) in [5.74, 6) is -0.647. The minimum atomic E-state index is -3.44. The van der Waals surface area contributed by atoms with Crippen LogP contribution in [-0.4, -0.2) is 26.6 Å². The highest BCUT2D eigenvalue weighted by Gasteiger charge is 2.36. The van der Waals surface area contributed by atoms with Crippen molar-refractivity contribution in [3.8, 4) is 0 Å². The molecule has 0 saturated heterocycles. The van der Waals surface area contributed by atoms with E-state index in [0.29, 0.717) is 16.9 Å². The fourth-order valence-corrected chi connectivity index (χ4v) is 3.98. The maximum Gasteiger partial charge on any atom is 0.232 e. The van der Waals surface area contributed by atoms with Crippen molar-refractivity contribution in [3.63, 3.8) is 0 Å². The lowest BCUT2D eigenvalue weighted by Gasteiger charge is -2.24.